The van der Waals surface area contributed by atoms with Gasteiger partial charge in [0.05, 0.1) is 13.7 Å². The molecule has 0 saturated carbocycles. The molecule has 0 aliphatic carbocycles. The van der Waals surface area contributed by atoms with Crippen molar-refractivity contribution in [1.29, 1.82) is 0 Å². The van der Waals surface area contributed by atoms with Gasteiger partial charge in [0.1, 0.15) is 0 Å². The number of carbonyl (C=O) groups is 2. The Morgan fingerprint density at radius 3 is 2.44 bits per heavy atom. The van der Waals surface area contributed by atoms with Gasteiger partial charge in [-0.05, 0) is 19.1 Å². The summed E-state index contributed by atoms with van der Waals surface area (Å²) in [5.74, 6) is -0.435. The molecule has 0 aliphatic heterocycles. The van der Waals surface area contributed by atoms with Crippen molar-refractivity contribution in [2.75, 3.05) is 26.7 Å². The van der Waals surface area contributed by atoms with Gasteiger partial charge in [0.15, 0.2) is 0 Å². The monoisotopic (exact) mass is 250 g/mol. The minimum absolute atomic E-state index is 0.116. The maximum Gasteiger partial charge on any atom is 0.319 e. The van der Waals surface area contributed by atoms with E-state index in [4.69, 9.17) is 0 Å². The minimum atomic E-state index is -0.320. The van der Waals surface area contributed by atoms with Crippen molar-refractivity contribution in [3.8, 4) is 0 Å². The zero-order valence-electron chi connectivity index (χ0n) is 10.7. The lowest BCUT2D eigenvalue weighted by molar-refractivity contribution is -0.139. The van der Waals surface area contributed by atoms with E-state index in [0.717, 1.165) is 5.56 Å². The number of methoxy groups -OCH3 is 1. The third kappa shape index (κ3) is 4.97. The first-order valence-corrected chi connectivity index (χ1v) is 5.76. The van der Waals surface area contributed by atoms with Gasteiger partial charge in [-0.2, -0.15) is 0 Å². The summed E-state index contributed by atoms with van der Waals surface area (Å²) >= 11 is 0. The summed E-state index contributed by atoms with van der Waals surface area (Å²) in [5.41, 5.74) is 1.75. The van der Waals surface area contributed by atoms with Crippen LogP contribution in [-0.4, -0.2) is 38.6 Å². The van der Waals surface area contributed by atoms with Gasteiger partial charge in [-0.1, -0.05) is 17.7 Å². The van der Waals surface area contributed by atoms with Crippen molar-refractivity contribution in [3.05, 3.63) is 35.4 Å². The van der Waals surface area contributed by atoms with Gasteiger partial charge in [0, 0.05) is 18.7 Å². The fourth-order valence-electron chi connectivity index (χ4n) is 1.33. The fourth-order valence-corrected chi connectivity index (χ4v) is 1.33. The largest absolute Gasteiger partial charge is 0.468 e. The molecular formula is C13H18N2O3. The van der Waals surface area contributed by atoms with Gasteiger partial charge in [-0.15, -0.1) is 0 Å². The van der Waals surface area contributed by atoms with Crippen molar-refractivity contribution < 1.29 is 14.3 Å². The second-order valence-corrected chi connectivity index (χ2v) is 3.87. The average Bonchev–Trinajstić information content (AvgIpc) is 2.38. The average molecular weight is 250 g/mol. The van der Waals surface area contributed by atoms with Gasteiger partial charge in [0.2, 0.25) is 0 Å². The van der Waals surface area contributed by atoms with Crippen LogP contribution in [-0.2, 0) is 9.53 Å². The Morgan fingerprint density at radius 1 is 1.17 bits per heavy atom. The molecule has 1 rings (SSSR count). The van der Waals surface area contributed by atoms with Gasteiger partial charge in [-0.25, -0.2) is 0 Å². The maximum absolute atomic E-state index is 11.7. The molecule has 0 aliphatic rings. The molecule has 0 saturated heterocycles. The van der Waals surface area contributed by atoms with E-state index in [0.29, 0.717) is 18.7 Å². The Kier molecular flexibility index (Phi) is 5.87. The number of rotatable bonds is 6. The van der Waals surface area contributed by atoms with Crippen LogP contribution < -0.4 is 10.6 Å². The van der Waals surface area contributed by atoms with E-state index < -0.39 is 0 Å². The van der Waals surface area contributed by atoms with Gasteiger partial charge >= 0.3 is 5.97 Å². The summed E-state index contributed by atoms with van der Waals surface area (Å²) in [6.07, 6.45) is 0. The lowest BCUT2D eigenvalue weighted by Gasteiger charge is -2.06. The number of carbonyl (C=O) groups excluding carboxylic acids is 2. The Hall–Kier alpha value is -1.88. The molecule has 1 aromatic carbocycles. The molecule has 1 aromatic rings. The number of nitrogens with one attached hydrogen (secondary N) is 2. The summed E-state index contributed by atoms with van der Waals surface area (Å²) in [6.45, 7) is 3.10. The van der Waals surface area contributed by atoms with E-state index in [-0.39, 0.29) is 18.4 Å². The molecule has 0 aromatic heterocycles. The smallest absolute Gasteiger partial charge is 0.319 e. The summed E-state index contributed by atoms with van der Waals surface area (Å²) < 4.78 is 4.47. The SMILES string of the molecule is COC(=O)CNCCNC(=O)c1ccc(C)cc1. The molecule has 5 heteroatoms. The van der Waals surface area contributed by atoms with E-state index in [1.54, 1.807) is 12.1 Å². The number of benzene rings is 1. The van der Waals surface area contributed by atoms with E-state index in [9.17, 15) is 9.59 Å². The van der Waals surface area contributed by atoms with Crippen molar-refractivity contribution >= 4 is 11.9 Å². The van der Waals surface area contributed by atoms with E-state index >= 15 is 0 Å². The van der Waals surface area contributed by atoms with Crippen molar-refractivity contribution in [2.24, 2.45) is 0 Å². The third-order valence-corrected chi connectivity index (χ3v) is 2.40. The summed E-state index contributed by atoms with van der Waals surface area (Å²) in [5, 5.41) is 5.62. The highest BCUT2D eigenvalue weighted by atomic mass is 16.5. The predicted molar refractivity (Wildman–Crippen MR) is 68.4 cm³/mol. The number of esters is 1. The molecule has 98 valence electrons. The Bertz CT molecular complexity index is 401. The molecule has 0 fully saturated rings. The van der Waals surface area contributed by atoms with Crippen LogP contribution in [0.4, 0.5) is 0 Å². The number of ether oxygens (including phenoxy) is 1. The number of amides is 1. The number of hydrogen-bond donors (Lipinski definition) is 2. The highest BCUT2D eigenvalue weighted by Crippen LogP contribution is 2.02. The highest BCUT2D eigenvalue weighted by molar-refractivity contribution is 5.94. The topological polar surface area (TPSA) is 67.4 Å². The Morgan fingerprint density at radius 2 is 1.83 bits per heavy atom. The van der Waals surface area contributed by atoms with Crippen molar-refractivity contribution in [2.45, 2.75) is 6.92 Å². The normalized spacial score (nSPS) is 9.89. The van der Waals surface area contributed by atoms with Crippen LogP contribution in [0.15, 0.2) is 24.3 Å². The van der Waals surface area contributed by atoms with Gasteiger partial charge in [0.25, 0.3) is 5.91 Å². The van der Waals surface area contributed by atoms with Crippen LogP contribution in [0.5, 0.6) is 0 Å². The molecule has 0 bridgehead atoms. The van der Waals surface area contributed by atoms with Crippen LogP contribution in [0.2, 0.25) is 0 Å². The molecule has 0 unspecified atom stereocenters. The Balaban J connectivity index is 2.21. The lowest BCUT2D eigenvalue weighted by Crippen LogP contribution is -2.34. The molecular weight excluding hydrogens is 232 g/mol. The van der Waals surface area contributed by atoms with Crippen LogP contribution in [0.1, 0.15) is 15.9 Å². The van der Waals surface area contributed by atoms with Crippen LogP contribution in [0, 0.1) is 6.92 Å². The van der Waals surface area contributed by atoms with E-state index in [1.807, 2.05) is 19.1 Å². The first-order valence-electron chi connectivity index (χ1n) is 5.76. The minimum Gasteiger partial charge on any atom is -0.468 e. The van der Waals surface area contributed by atoms with Gasteiger partial charge < -0.3 is 15.4 Å². The molecule has 5 nitrogen and oxygen atoms in total. The van der Waals surface area contributed by atoms with Crippen LogP contribution in [0.3, 0.4) is 0 Å². The molecule has 2 N–H and O–H groups in total. The number of hydrogen-bond acceptors (Lipinski definition) is 4. The van der Waals surface area contributed by atoms with Crippen molar-refractivity contribution in [1.82, 2.24) is 10.6 Å². The van der Waals surface area contributed by atoms with E-state index in [2.05, 4.69) is 15.4 Å². The van der Waals surface area contributed by atoms with Crippen LogP contribution in [0.25, 0.3) is 0 Å². The second-order valence-electron chi connectivity index (χ2n) is 3.87. The zero-order chi connectivity index (χ0) is 13.4. The predicted octanol–water partition coefficient (Wildman–Crippen LogP) is 0.487. The molecule has 1 amide bonds. The summed E-state index contributed by atoms with van der Waals surface area (Å²) in [7, 11) is 1.34. The van der Waals surface area contributed by atoms with Crippen LogP contribution >= 0.6 is 0 Å². The first kappa shape index (κ1) is 14.2. The first-order chi connectivity index (χ1) is 8.63. The Labute approximate surface area is 107 Å². The molecule has 0 heterocycles. The standard InChI is InChI=1S/C13H18N2O3/c1-10-3-5-11(6-4-10)13(17)15-8-7-14-9-12(16)18-2/h3-6,14H,7-9H2,1-2H3,(H,15,17). The highest BCUT2D eigenvalue weighted by Gasteiger charge is 2.04. The summed E-state index contributed by atoms with van der Waals surface area (Å²) in [4.78, 5) is 22.5. The molecule has 0 atom stereocenters. The third-order valence-electron chi connectivity index (χ3n) is 2.40. The summed E-state index contributed by atoms with van der Waals surface area (Å²) in [6, 6.07) is 7.36. The maximum atomic E-state index is 11.7. The quantitative estimate of drug-likeness (QED) is 0.569. The molecule has 0 spiro atoms. The zero-order valence-corrected chi connectivity index (χ0v) is 10.7. The molecule has 0 radical (unpaired) electrons. The van der Waals surface area contributed by atoms with Gasteiger partial charge in [-0.3, -0.25) is 9.59 Å². The number of aryl methyl sites for hydroxylation is 1. The second kappa shape index (κ2) is 7.45. The molecule has 18 heavy (non-hydrogen) atoms. The van der Waals surface area contributed by atoms with Crippen molar-refractivity contribution in [3.63, 3.8) is 0 Å². The van der Waals surface area contributed by atoms with E-state index in [1.165, 1.54) is 7.11 Å². The lowest BCUT2D eigenvalue weighted by atomic mass is 10.1. The fraction of sp³-hybridized carbons (Fsp3) is 0.385.